The Morgan fingerprint density at radius 2 is 1.62 bits per heavy atom. The Labute approximate surface area is 223 Å². The molecule has 11 nitrogen and oxygen atoms in total. The van der Waals surface area contributed by atoms with E-state index in [4.69, 9.17) is 0 Å². The Morgan fingerprint density at radius 1 is 0.846 bits per heavy atom. The number of halogens is 1. The lowest BCUT2D eigenvalue weighted by atomic mass is 9.91. The summed E-state index contributed by atoms with van der Waals surface area (Å²) in [5.41, 5.74) is 1.93. The molecular formula is C27H28FN9O2. The van der Waals surface area contributed by atoms with Crippen molar-refractivity contribution in [2.75, 3.05) is 16.0 Å². The molecule has 0 atom stereocenters. The number of imidazole rings is 1. The number of carbonyl (C=O) groups excluding carboxylic acids is 2. The number of rotatable bonds is 8. The number of hydrogen-bond donors (Lipinski definition) is 4. The average molecular weight is 530 g/mol. The largest absolute Gasteiger partial charge is 0.379 e. The first-order valence-electron chi connectivity index (χ1n) is 13.1. The fourth-order valence-corrected chi connectivity index (χ4v) is 4.76. The van der Waals surface area contributed by atoms with Crippen LogP contribution in [0.4, 0.5) is 21.6 Å². The number of nitrogens with zero attached hydrogens (tertiary/aromatic N) is 5. The van der Waals surface area contributed by atoms with E-state index in [2.05, 4.69) is 41.3 Å². The van der Waals surface area contributed by atoms with Crippen molar-refractivity contribution in [3.8, 4) is 0 Å². The molecule has 0 aromatic carbocycles. The molecule has 4 aromatic rings. The van der Waals surface area contributed by atoms with Crippen molar-refractivity contribution in [1.29, 1.82) is 0 Å². The van der Waals surface area contributed by atoms with Crippen LogP contribution in [0.3, 0.4) is 0 Å². The van der Waals surface area contributed by atoms with Crippen LogP contribution >= 0.6 is 0 Å². The summed E-state index contributed by atoms with van der Waals surface area (Å²) in [6, 6.07) is 9.19. The lowest BCUT2D eigenvalue weighted by Gasteiger charge is -2.30. The molecule has 2 aliphatic rings. The highest BCUT2D eigenvalue weighted by atomic mass is 19.1. The monoisotopic (exact) mass is 529 g/mol. The minimum atomic E-state index is -0.627. The van der Waals surface area contributed by atoms with Crippen molar-refractivity contribution < 1.29 is 14.0 Å². The summed E-state index contributed by atoms with van der Waals surface area (Å²) in [6.45, 7) is 0. The van der Waals surface area contributed by atoms with Gasteiger partial charge >= 0.3 is 0 Å². The summed E-state index contributed by atoms with van der Waals surface area (Å²) in [5, 5.41) is 17.3. The summed E-state index contributed by atoms with van der Waals surface area (Å²) >= 11 is 0. The Kier molecular flexibility index (Phi) is 6.74. The maximum Gasteiger partial charge on any atom is 0.276 e. The second-order valence-electron chi connectivity index (χ2n) is 9.93. The molecule has 2 aliphatic carbocycles. The van der Waals surface area contributed by atoms with Crippen LogP contribution in [0.1, 0.15) is 59.5 Å². The fourth-order valence-electron chi connectivity index (χ4n) is 4.76. The van der Waals surface area contributed by atoms with E-state index in [-0.39, 0.29) is 29.4 Å². The lowest BCUT2D eigenvalue weighted by molar-refractivity contribution is 0.0920. The van der Waals surface area contributed by atoms with Gasteiger partial charge in [0.2, 0.25) is 0 Å². The SMILES string of the molecule is O=C(NC1CCC(Nc2cc(NC3CC3)c3ncc(C(=O)Nc4ccncc4F)n3n2)CC1)c1ccccn1. The van der Waals surface area contributed by atoms with E-state index in [1.165, 1.54) is 23.0 Å². The van der Waals surface area contributed by atoms with Crippen molar-refractivity contribution in [2.24, 2.45) is 0 Å². The number of anilines is 3. The van der Waals surface area contributed by atoms with Gasteiger partial charge in [-0.15, -0.1) is 5.10 Å². The molecule has 39 heavy (non-hydrogen) atoms. The Hall–Kier alpha value is -4.61. The third-order valence-corrected chi connectivity index (χ3v) is 6.97. The summed E-state index contributed by atoms with van der Waals surface area (Å²) in [6.07, 6.45) is 11.0. The number of fused-ring (bicyclic) bond motifs is 1. The highest BCUT2D eigenvalue weighted by Crippen LogP contribution is 2.30. The molecule has 0 bridgehead atoms. The molecule has 4 heterocycles. The van der Waals surface area contributed by atoms with Crippen LogP contribution in [-0.4, -0.2) is 54.5 Å². The first-order chi connectivity index (χ1) is 19.0. The molecule has 2 fully saturated rings. The van der Waals surface area contributed by atoms with Gasteiger partial charge in [0.05, 0.1) is 23.8 Å². The molecule has 0 radical (unpaired) electrons. The van der Waals surface area contributed by atoms with Gasteiger partial charge in [-0.05, 0) is 56.7 Å². The van der Waals surface area contributed by atoms with Gasteiger partial charge in [-0.1, -0.05) is 6.07 Å². The lowest BCUT2D eigenvalue weighted by Crippen LogP contribution is -2.40. The second-order valence-corrected chi connectivity index (χ2v) is 9.93. The Bertz CT molecular complexity index is 1500. The van der Waals surface area contributed by atoms with E-state index in [0.29, 0.717) is 23.2 Å². The maximum absolute atomic E-state index is 14.1. The third-order valence-electron chi connectivity index (χ3n) is 6.97. The second kappa shape index (κ2) is 10.6. The first-order valence-corrected chi connectivity index (χ1v) is 13.1. The first kappa shape index (κ1) is 24.7. The molecule has 0 unspecified atom stereocenters. The van der Waals surface area contributed by atoms with Gasteiger partial charge in [0.1, 0.15) is 11.5 Å². The number of pyridine rings is 2. The standard InChI is InChI=1S/C27H28FN9O2/c28-19-14-29-12-10-20(19)35-27(39)23-15-31-25-22(32-16-4-5-16)13-24(36-37(23)25)33-17-6-8-18(9-7-17)34-26(38)21-3-1-2-11-30-21/h1-3,10-18,32H,4-9H2,(H,33,36)(H,34,38)(H,29,35,39). The molecule has 2 amide bonds. The van der Waals surface area contributed by atoms with Crippen molar-refractivity contribution in [1.82, 2.24) is 29.9 Å². The van der Waals surface area contributed by atoms with Crippen LogP contribution in [-0.2, 0) is 0 Å². The molecule has 0 saturated heterocycles. The van der Waals surface area contributed by atoms with Crippen LogP contribution in [0.15, 0.2) is 55.1 Å². The van der Waals surface area contributed by atoms with Crippen molar-refractivity contribution >= 4 is 34.7 Å². The smallest absolute Gasteiger partial charge is 0.276 e. The summed E-state index contributed by atoms with van der Waals surface area (Å²) in [7, 11) is 0. The Morgan fingerprint density at radius 3 is 2.36 bits per heavy atom. The Balaban J connectivity index is 1.16. The zero-order chi connectivity index (χ0) is 26.8. The van der Waals surface area contributed by atoms with E-state index >= 15 is 0 Å². The van der Waals surface area contributed by atoms with Crippen LogP contribution < -0.4 is 21.3 Å². The van der Waals surface area contributed by atoms with Gasteiger partial charge in [0.15, 0.2) is 17.2 Å². The molecule has 200 valence electrons. The van der Waals surface area contributed by atoms with Crippen LogP contribution in [0, 0.1) is 5.82 Å². The number of nitrogens with one attached hydrogen (secondary N) is 4. The number of amides is 2. The van der Waals surface area contributed by atoms with E-state index in [0.717, 1.165) is 50.4 Å². The molecule has 2 saturated carbocycles. The highest BCUT2D eigenvalue weighted by molar-refractivity contribution is 6.03. The normalized spacial score (nSPS) is 18.9. The highest BCUT2D eigenvalue weighted by Gasteiger charge is 2.26. The molecule has 12 heteroatoms. The predicted molar refractivity (Wildman–Crippen MR) is 143 cm³/mol. The minimum absolute atomic E-state index is 0.0301. The molecule has 0 aliphatic heterocycles. The van der Waals surface area contributed by atoms with Gasteiger partial charge in [-0.3, -0.25) is 19.6 Å². The van der Waals surface area contributed by atoms with Gasteiger partial charge in [-0.2, -0.15) is 0 Å². The van der Waals surface area contributed by atoms with E-state index < -0.39 is 11.7 Å². The molecule has 0 spiro atoms. The summed E-state index contributed by atoms with van der Waals surface area (Å²) < 4.78 is 15.6. The summed E-state index contributed by atoms with van der Waals surface area (Å²) in [5.74, 6) is -0.710. The number of aromatic nitrogens is 5. The zero-order valence-electron chi connectivity index (χ0n) is 21.1. The van der Waals surface area contributed by atoms with Crippen molar-refractivity contribution in [3.63, 3.8) is 0 Å². The topological polar surface area (TPSA) is 138 Å². The van der Waals surface area contributed by atoms with E-state index in [9.17, 15) is 14.0 Å². The van der Waals surface area contributed by atoms with Gasteiger partial charge in [0, 0.05) is 36.6 Å². The zero-order valence-corrected chi connectivity index (χ0v) is 21.1. The third kappa shape index (κ3) is 5.64. The number of hydrogen-bond acceptors (Lipinski definition) is 8. The average Bonchev–Trinajstić information content (AvgIpc) is 3.66. The molecule has 4 aromatic heterocycles. The quantitative estimate of drug-likeness (QED) is 0.271. The maximum atomic E-state index is 14.1. The fraction of sp³-hybridized carbons (Fsp3) is 0.333. The summed E-state index contributed by atoms with van der Waals surface area (Å²) in [4.78, 5) is 37.8. The van der Waals surface area contributed by atoms with Crippen molar-refractivity contribution in [2.45, 2.75) is 56.7 Å². The van der Waals surface area contributed by atoms with E-state index in [1.54, 1.807) is 24.4 Å². The van der Waals surface area contributed by atoms with Crippen molar-refractivity contribution in [3.05, 3.63) is 72.3 Å². The number of carbonyl (C=O) groups is 2. The van der Waals surface area contributed by atoms with Gasteiger partial charge < -0.3 is 21.3 Å². The molecule has 4 N–H and O–H groups in total. The van der Waals surface area contributed by atoms with Crippen LogP contribution in [0.2, 0.25) is 0 Å². The predicted octanol–water partition coefficient (Wildman–Crippen LogP) is 3.64. The van der Waals surface area contributed by atoms with E-state index in [1.807, 2.05) is 6.07 Å². The van der Waals surface area contributed by atoms with Crippen LogP contribution in [0.5, 0.6) is 0 Å². The minimum Gasteiger partial charge on any atom is -0.379 e. The molecule has 6 rings (SSSR count). The van der Waals surface area contributed by atoms with Crippen LogP contribution in [0.25, 0.3) is 5.65 Å². The van der Waals surface area contributed by atoms with Gasteiger partial charge in [0.25, 0.3) is 11.8 Å². The van der Waals surface area contributed by atoms with Gasteiger partial charge in [-0.25, -0.2) is 13.9 Å². The molecular weight excluding hydrogens is 501 g/mol.